The molecule has 0 bridgehead atoms. The lowest BCUT2D eigenvalue weighted by Crippen LogP contribution is -2.28. The van der Waals surface area contributed by atoms with Crippen LogP contribution in [0, 0.1) is 5.92 Å². The molecule has 0 spiro atoms. The van der Waals surface area contributed by atoms with Crippen LogP contribution in [-0.2, 0) is 4.74 Å². The maximum Gasteiger partial charge on any atom is 0.115 e. The van der Waals surface area contributed by atoms with Crippen molar-refractivity contribution in [3.63, 3.8) is 0 Å². The van der Waals surface area contributed by atoms with Gasteiger partial charge in [-0.15, -0.1) is 0 Å². The summed E-state index contributed by atoms with van der Waals surface area (Å²) < 4.78 is 5.42. The summed E-state index contributed by atoms with van der Waals surface area (Å²) in [5, 5.41) is 12.6. The van der Waals surface area contributed by atoms with Gasteiger partial charge in [0.05, 0.1) is 0 Å². The monoisotopic (exact) mass is 235 g/mol. The predicted octanol–water partition coefficient (Wildman–Crippen LogP) is 2.12. The first-order valence-electron chi connectivity index (χ1n) is 6.32. The van der Waals surface area contributed by atoms with E-state index in [2.05, 4.69) is 5.32 Å². The molecule has 1 saturated heterocycles. The zero-order chi connectivity index (χ0) is 12.1. The second-order valence-corrected chi connectivity index (χ2v) is 4.71. The third-order valence-electron chi connectivity index (χ3n) is 3.58. The molecule has 17 heavy (non-hydrogen) atoms. The first-order valence-corrected chi connectivity index (χ1v) is 6.32. The van der Waals surface area contributed by atoms with Crippen LogP contribution in [0.1, 0.15) is 24.3 Å². The van der Waals surface area contributed by atoms with Crippen molar-refractivity contribution >= 4 is 0 Å². The van der Waals surface area contributed by atoms with Gasteiger partial charge < -0.3 is 15.2 Å². The van der Waals surface area contributed by atoms with E-state index in [0.29, 0.717) is 17.6 Å². The molecule has 1 aliphatic rings. The molecule has 1 heterocycles. The molecule has 1 fully saturated rings. The molecule has 94 valence electrons. The van der Waals surface area contributed by atoms with Gasteiger partial charge in [0.2, 0.25) is 0 Å². The number of hydrogen-bond acceptors (Lipinski definition) is 3. The van der Waals surface area contributed by atoms with E-state index in [-0.39, 0.29) is 0 Å². The van der Waals surface area contributed by atoms with Gasteiger partial charge in [-0.05, 0) is 49.4 Å². The molecule has 1 atom stereocenters. The van der Waals surface area contributed by atoms with Gasteiger partial charge >= 0.3 is 0 Å². The number of aromatic hydroxyl groups is 1. The van der Waals surface area contributed by atoms with Crippen molar-refractivity contribution in [3.05, 3.63) is 29.8 Å². The summed E-state index contributed by atoms with van der Waals surface area (Å²) in [5.74, 6) is 1.54. The zero-order valence-electron chi connectivity index (χ0n) is 10.4. The number of likely N-dealkylation sites (N-methyl/N-ethyl adjacent to an activating group) is 1. The van der Waals surface area contributed by atoms with Crippen LogP contribution >= 0.6 is 0 Å². The Morgan fingerprint density at radius 1 is 1.29 bits per heavy atom. The summed E-state index contributed by atoms with van der Waals surface area (Å²) in [6.45, 7) is 2.74. The first-order chi connectivity index (χ1) is 8.31. The van der Waals surface area contributed by atoms with Crippen LogP contribution in [-0.4, -0.2) is 31.9 Å². The number of hydrogen-bond donors (Lipinski definition) is 2. The molecule has 2 rings (SSSR count). The molecule has 3 heteroatoms. The second-order valence-electron chi connectivity index (χ2n) is 4.71. The fraction of sp³-hybridized carbons (Fsp3) is 0.571. The van der Waals surface area contributed by atoms with Gasteiger partial charge in [-0.25, -0.2) is 0 Å². The lowest BCUT2D eigenvalue weighted by molar-refractivity contribution is 0.0579. The van der Waals surface area contributed by atoms with Crippen molar-refractivity contribution in [2.24, 2.45) is 5.92 Å². The van der Waals surface area contributed by atoms with Crippen molar-refractivity contribution in [3.8, 4) is 5.75 Å². The molecule has 1 aliphatic heterocycles. The summed E-state index contributed by atoms with van der Waals surface area (Å²) in [4.78, 5) is 0. The molecule has 0 aromatic heterocycles. The molecule has 1 unspecified atom stereocenters. The highest BCUT2D eigenvalue weighted by molar-refractivity contribution is 5.29. The Kier molecular flexibility index (Phi) is 4.40. The lowest BCUT2D eigenvalue weighted by atomic mass is 9.81. The van der Waals surface area contributed by atoms with Crippen molar-refractivity contribution in [1.82, 2.24) is 5.32 Å². The summed E-state index contributed by atoms with van der Waals surface area (Å²) in [5.41, 5.74) is 1.31. The highest BCUT2D eigenvalue weighted by Gasteiger charge is 2.24. The average molecular weight is 235 g/mol. The fourth-order valence-electron chi connectivity index (χ4n) is 2.62. The summed E-state index contributed by atoms with van der Waals surface area (Å²) in [6, 6.07) is 7.62. The minimum Gasteiger partial charge on any atom is -0.508 e. The number of rotatable bonds is 4. The molecule has 0 saturated carbocycles. The first kappa shape index (κ1) is 12.4. The average Bonchev–Trinajstić information content (AvgIpc) is 2.38. The Balaban J connectivity index is 2.12. The summed E-state index contributed by atoms with van der Waals surface area (Å²) in [6.07, 6.45) is 2.26. The van der Waals surface area contributed by atoms with Gasteiger partial charge in [-0.2, -0.15) is 0 Å². The van der Waals surface area contributed by atoms with Crippen LogP contribution in [0.5, 0.6) is 5.75 Å². The summed E-state index contributed by atoms with van der Waals surface area (Å²) >= 11 is 0. The normalized spacial score (nSPS) is 19.1. The molecule has 0 amide bonds. The second kappa shape index (κ2) is 6.03. The Labute approximate surface area is 103 Å². The van der Waals surface area contributed by atoms with Gasteiger partial charge in [0.25, 0.3) is 0 Å². The Hall–Kier alpha value is -1.06. The Morgan fingerprint density at radius 3 is 2.53 bits per heavy atom. The molecular weight excluding hydrogens is 214 g/mol. The predicted molar refractivity (Wildman–Crippen MR) is 68.3 cm³/mol. The number of benzene rings is 1. The van der Waals surface area contributed by atoms with Crippen LogP contribution < -0.4 is 5.32 Å². The van der Waals surface area contributed by atoms with Gasteiger partial charge in [0, 0.05) is 19.8 Å². The number of phenolic OH excluding ortho intramolecular Hbond substituents is 1. The largest absolute Gasteiger partial charge is 0.508 e. The molecule has 2 N–H and O–H groups in total. The zero-order valence-corrected chi connectivity index (χ0v) is 10.4. The van der Waals surface area contributed by atoms with E-state index in [1.54, 1.807) is 12.1 Å². The van der Waals surface area contributed by atoms with Crippen molar-refractivity contribution < 1.29 is 9.84 Å². The molecule has 3 nitrogen and oxygen atoms in total. The van der Waals surface area contributed by atoms with Crippen LogP contribution in [0.15, 0.2) is 24.3 Å². The third kappa shape index (κ3) is 3.20. The Morgan fingerprint density at radius 2 is 1.94 bits per heavy atom. The molecule has 0 radical (unpaired) electrons. The minimum absolute atomic E-state index is 0.337. The van der Waals surface area contributed by atoms with Crippen LogP contribution in [0.4, 0.5) is 0 Å². The lowest BCUT2D eigenvalue weighted by Gasteiger charge is -2.30. The third-order valence-corrected chi connectivity index (χ3v) is 3.58. The van der Waals surface area contributed by atoms with Crippen LogP contribution in [0.2, 0.25) is 0 Å². The van der Waals surface area contributed by atoms with E-state index in [9.17, 15) is 5.11 Å². The summed E-state index contributed by atoms with van der Waals surface area (Å²) in [7, 11) is 1.99. The van der Waals surface area contributed by atoms with E-state index >= 15 is 0 Å². The van der Waals surface area contributed by atoms with E-state index in [4.69, 9.17) is 4.74 Å². The maximum absolute atomic E-state index is 9.34. The topological polar surface area (TPSA) is 41.5 Å². The number of ether oxygens (including phenoxy) is 1. The van der Waals surface area contributed by atoms with E-state index in [1.165, 1.54) is 5.56 Å². The maximum atomic E-state index is 9.34. The van der Waals surface area contributed by atoms with Gasteiger partial charge in [0.15, 0.2) is 0 Å². The van der Waals surface area contributed by atoms with Crippen molar-refractivity contribution in [1.29, 1.82) is 0 Å². The highest BCUT2D eigenvalue weighted by atomic mass is 16.5. The quantitative estimate of drug-likeness (QED) is 0.840. The van der Waals surface area contributed by atoms with Gasteiger partial charge in [-0.3, -0.25) is 0 Å². The fourth-order valence-corrected chi connectivity index (χ4v) is 2.62. The molecular formula is C14H21NO2. The SMILES string of the molecule is CNCC(c1ccc(O)cc1)C1CCOCC1. The molecule has 1 aromatic rings. The standard InChI is InChI=1S/C14H21NO2/c1-15-10-14(12-6-8-17-9-7-12)11-2-4-13(16)5-3-11/h2-5,12,14-16H,6-10H2,1H3. The smallest absolute Gasteiger partial charge is 0.115 e. The number of nitrogens with one attached hydrogen (secondary N) is 1. The van der Waals surface area contributed by atoms with E-state index < -0.39 is 0 Å². The van der Waals surface area contributed by atoms with Crippen LogP contribution in [0.3, 0.4) is 0 Å². The minimum atomic E-state index is 0.337. The highest BCUT2D eigenvalue weighted by Crippen LogP contribution is 2.32. The molecule has 1 aromatic carbocycles. The van der Waals surface area contributed by atoms with Crippen LogP contribution in [0.25, 0.3) is 0 Å². The van der Waals surface area contributed by atoms with E-state index in [0.717, 1.165) is 32.6 Å². The molecule has 0 aliphatic carbocycles. The van der Waals surface area contributed by atoms with E-state index in [1.807, 2.05) is 19.2 Å². The van der Waals surface area contributed by atoms with Gasteiger partial charge in [-0.1, -0.05) is 12.1 Å². The van der Waals surface area contributed by atoms with Gasteiger partial charge in [0.1, 0.15) is 5.75 Å². The van der Waals surface area contributed by atoms with Crippen molar-refractivity contribution in [2.45, 2.75) is 18.8 Å². The number of phenols is 1. The van der Waals surface area contributed by atoms with Crippen molar-refractivity contribution in [2.75, 3.05) is 26.8 Å². The Bertz CT molecular complexity index is 331.